The summed E-state index contributed by atoms with van der Waals surface area (Å²) in [7, 11) is 0. The zero-order valence-electron chi connectivity index (χ0n) is 7.86. The molecule has 0 bridgehead atoms. The highest BCUT2D eigenvalue weighted by Gasteiger charge is 2.17. The van der Waals surface area contributed by atoms with Crippen molar-refractivity contribution in [3.05, 3.63) is 35.3 Å². The molecule has 1 radical (unpaired) electrons. The van der Waals surface area contributed by atoms with Gasteiger partial charge in [0.25, 0.3) is 15.3 Å². The number of rotatable bonds is 8. The van der Waals surface area contributed by atoms with Crippen LogP contribution in [-0.2, 0) is 14.5 Å². The van der Waals surface area contributed by atoms with E-state index in [4.69, 9.17) is 10.5 Å². The summed E-state index contributed by atoms with van der Waals surface area (Å²) in [4.78, 5) is 47.8. The molecule has 0 saturated carbocycles. The van der Waals surface area contributed by atoms with Crippen LogP contribution in [0.2, 0.25) is 0 Å². The van der Waals surface area contributed by atoms with Gasteiger partial charge in [-0.05, 0) is 0 Å². The number of hydrogen-bond acceptors (Lipinski definition) is 10. The summed E-state index contributed by atoms with van der Waals surface area (Å²) in [6.45, 7) is -1.69. The van der Waals surface area contributed by atoms with E-state index in [1.807, 2.05) is 0 Å². The summed E-state index contributed by atoms with van der Waals surface area (Å²) >= 11 is 0. The third-order valence-corrected chi connectivity index (χ3v) is 0.967. The summed E-state index contributed by atoms with van der Waals surface area (Å²) in [5.41, 5.74) is 5.75. The Labute approximate surface area is 91.1 Å². The zero-order valence-corrected chi connectivity index (χ0v) is 7.86. The average molecular weight is 257 g/mol. The van der Waals surface area contributed by atoms with Gasteiger partial charge in [-0.2, -0.15) is 0 Å². The Morgan fingerprint density at radius 3 is 1.47 bits per heavy atom. The van der Waals surface area contributed by atoms with Crippen LogP contribution in [0.25, 0.3) is 0 Å². The van der Waals surface area contributed by atoms with Gasteiger partial charge in [0, 0.05) is 0 Å². The van der Waals surface area contributed by atoms with Crippen LogP contribution in [0.1, 0.15) is 0 Å². The van der Waals surface area contributed by atoms with Gasteiger partial charge in [0.15, 0.2) is 6.10 Å². The van der Waals surface area contributed by atoms with Crippen LogP contribution < -0.4 is 5.59 Å². The molecule has 0 aromatic heterocycles. The van der Waals surface area contributed by atoms with Gasteiger partial charge in [-0.3, -0.25) is 0 Å². The lowest BCUT2D eigenvalue weighted by Crippen LogP contribution is -2.30. The standard InChI is InChI=1S/C3H5N3O9.NO/c7-4(8)13-1-3(15-6(11)12)2-14-5(9)10;1-2/h3H,1-2H2;. The molecular weight excluding hydrogens is 252 g/mol. The van der Waals surface area contributed by atoms with E-state index >= 15 is 0 Å². The molecule has 0 aliphatic rings. The summed E-state index contributed by atoms with van der Waals surface area (Å²) in [5.74, 6) is 0. The van der Waals surface area contributed by atoms with Crippen LogP contribution in [-0.4, -0.2) is 34.6 Å². The van der Waals surface area contributed by atoms with Crippen LogP contribution in [0.3, 0.4) is 0 Å². The molecule has 0 N–H and O–H groups in total. The molecule has 0 spiro atoms. The fourth-order valence-electron chi connectivity index (χ4n) is 0.519. The monoisotopic (exact) mass is 257 g/mol. The quantitative estimate of drug-likeness (QED) is 0.365. The molecule has 97 valence electrons. The van der Waals surface area contributed by atoms with Crippen molar-refractivity contribution in [3.63, 3.8) is 0 Å². The highest BCUT2D eigenvalue weighted by atomic mass is 17.0. The molecule has 0 aliphatic carbocycles. The molecule has 14 heteroatoms. The first-order valence-corrected chi connectivity index (χ1v) is 3.46. The molecule has 0 aliphatic heterocycles. The second kappa shape index (κ2) is 9.74. The van der Waals surface area contributed by atoms with Crippen molar-refractivity contribution < 1.29 is 29.8 Å². The van der Waals surface area contributed by atoms with Crippen molar-refractivity contribution in [2.24, 2.45) is 0 Å². The maximum atomic E-state index is 9.83. The predicted molar refractivity (Wildman–Crippen MR) is 43.3 cm³/mol. The van der Waals surface area contributed by atoms with Crippen LogP contribution in [0.15, 0.2) is 0 Å². The lowest BCUT2D eigenvalue weighted by Gasteiger charge is -2.11. The first kappa shape index (κ1) is 16.6. The minimum Gasteiger partial charge on any atom is -0.311 e. The summed E-state index contributed by atoms with van der Waals surface area (Å²) in [5, 5.41) is 25.5. The summed E-state index contributed by atoms with van der Waals surface area (Å²) in [6.07, 6.45) is -1.55. The van der Waals surface area contributed by atoms with Crippen LogP contribution in [0, 0.1) is 35.3 Å². The Bertz CT molecular complexity index is 250. The second-order valence-electron chi connectivity index (χ2n) is 1.99. The molecule has 17 heavy (non-hydrogen) atoms. The van der Waals surface area contributed by atoms with Crippen molar-refractivity contribution in [2.75, 3.05) is 13.2 Å². The van der Waals surface area contributed by atoms with Gasteiger partial charge in [-0.25, -0.2) is 0 Å². The Morgan fingerprint density at radius 2 is 1.24 bits per heavy atom. The van der Waals surface area contributed by atoms with Crippen molar-refractivity contribution in [1.29, 1.82) is 0 Å². The van der Waals surface area contributed by atoms with E-state index in [2.05, 4.69) is 14.5 Å². The highest BCUT2D eigenvalue weighted by Crippen LogP contribution is 1.96. The zero-order chi connectivity index (χ0) is 13.8. The van der Waals surface area contributed by atoms with Gasteiger partial charge in [0.1, 0.15) is 18.8 Å². The molecule has 0 fully saturated rings. The van der Waals surface area contributed by atoms with E-state index in [1.165, 1.54) is 0 Å². The topological polar surface area (TPSA) is 196 Å². The predicted octanol–water partition coefficient (Wildman–Crippen LogP) is -1.47. The van der Waals surface area contributed by atoms with Gasteiger partial charge >= 0.3 is 0 Å². The number of nitrogens with zero attached hydrogens (tertiary/aromatic N) is 4. The highest BCUT2D eigenvalue weighted by molar-refractivity contribution is 4.49. The first-order chi connectivity index (χ1) is 7.91. The summed E-state index contributed by atoms with van der Waals surface area (Å²) in [6, 6.07) is 0. The van der Waals surface area contributed by atoms with Crippen molar-refractivity contribution in [1.82, 2.24) is 5.59 Å². The van der Waals surface area contributed by atoms with E-state index < -0.39 is 34.6 Å². The third-order valence-electron chi connectivity index (χ3n) is 0.967. The lowest BCUT2D eigenvalue weighted by atomic mass is 10.4. The molecule has 0 amide bonds. The van der Waals surface area contributed by atoms with Crippen molar-refractivity contribution in [3.8, 4) is 0 Å². The van der Waals surface area contributed by atoms with Crippen LogP contribution in [0.5, 0.6) is 0 Å². The smallest absolute Gasteiger partial charge is 0.294 e. The molecule has 0 saturated heterocycles. The van der Waals surface area contributed by atoms with E-state index in [0.29, 0.717) is 0 Å². The fourth-order valence-corrected chi connectivity index (χ4v) is 0.519. The third kappa shape index (κ3) is 13.2. The lowest BCUT2D eigenvalue weighted by molar-refractivity contribution is -0.803. The number of nitroso groups, excluding NO2 is 1. The maximum absolute atomic E-state index is 9.83. The average Bonchev–Trinajstić information content (AvgIpc) is 2.24. The molecule has 0 heterocycles. The molecule has 0 aromatic rings. The SMILES string of the molecule is O=[N+]([O-])OCC(CO[N+](=O)[O-])O[N+](=O)[O-].[N]=O. The molecule has 0 aromatic carbocycles. The fraction of sp³-hybridized carbons (Fsp3) is 1.00. The largest absolute Gasteiger partial charge is 0.311 e. The van der Waals surface area contributed by atoms with Crippen molar-refractivity contribution >= 4 is 0 Å². The maximum Gasteiger partial charge on any atom is 0.294 e. The van der Waals surface area contributed by atoms with Crippen molar-refractivity contribution in [2.45, 2.75) is 6.10 Å². The van der Waals surface area contributed by atoms with Crippen LogP contribution >= 0.6 is 0 Å². The second-order valence-corrected chi connectivity index (χ2v) is 1.99. The van der Waals surface area contributed by atoms with Gasteiger partial charge < -0.3 is 14.5 Å². The van der Waals surface area contributed by atoms with E-state index in [0.717, 1.165) is 0 Å². The first-order valence-electron chi connectivity index (χ1n) is 3.46. The molecule has 0 atom stereocenters. The molecule has 0 unspecified atom stereocenters. The minimum absolute atomic E-state index is 0.845. The molecule has 14 nitrogen and oxygen atoms in total. The Hall–Kier alpha value is -2.80. The van der Waals surface area contributed by atoms with E-state index in [-0.39, 0.29) is 0 Å². The van der Waals surface area contributed by atoms with Gasteiger partial charge in [0.2, 0.25) is 0 Å². The Balaban J connectivity index is 0. The van der Waals surface area contributed by atoms with E-state index in [9.17, 15) is 30.3 Å². The Kier molecular flexibility index (Phi) is 9.53. The molecule has 0 rings (SSSR count). The van der Waals surface area contributed by atoms with Gasteiger partial charge in [-0.15, -0.1) is 35.3 Å². The summed E-state index contributed by atoms with van der Waals surface area (Å²) < 4.78 is 0. The van der Waals surface area contributed by atoms with E-state index in [1.54, 1.807) is 0 Å². The minimum atomic E-state index is -1.55. The van der Waals surface area contributed by atoms with Gasteiger partial charge in [0.05, 0.1) is 0 Å². The van der Waals surface area contributed by atoms with Gasteiger partial charge in [-0.1, -0.05) is 0 Å². The molecular formula is C3H5N4O10. The normalized spacial score (nSPS) is 8.53. The Morgan fingerprint density at radius 1 is 0.882 bits per heavy atom. The van der Waals surface area contributed by atoms with Crippen LogP contribution in [0.4, 0.5) is 0 Å². The number of hydrogen-bond donors (Lipinski definition) is 0.